The average Bonchev–Trinajstić information content (AvgIpc) is 3.43. The van der Waals surface area contributed by atoms with Crippen LogP contribution in [-0.2, 0) is 16.0 Å². The van der Waals surface area contributed by atoms with E-state index in [1.54, 1.807) is 11.3 Å². The van der Waals surface area contributed by atoms with Crippen molar-refractivity contribution in [3.8, 4) is 0 Å². The minimum Gasteiger partial charge on any atom is -0.357 e. The molecule has 4 unspecified atom stereocenters. The highest BCUT2D eigenvalue weighted by Crippen LogP contribution is 2.52. The number of rotatable bonds is 7. The third-order valence-corrected chi connectivity index (χ3v) is 6.68. The molecule has 2 aliphatic carbocycles. The third kappa shape index (κ3) is 3.52. The van der Waals surface area contributed by atoms with Crippen LogP contribution in [0.15, 0.2) is 34.7 Å². The quantitative estimate of drug-likeness (QED) is 0.323. The zero-order valence-corrected chi connectivity index (χ0v) is 16.4. The Bertz CT molecular complexity index is 728. The SMILES string of the molecule is CCNC(=NCCc1cccs1)NCCN1C(=O)C2C3C=CC(C3)C2C1=O. The van der Waals surface area contributed by atoms with Gasteiger partial charge in [0.2, 0.25) is 11.8 Å². The molecule has 6 nitrogen and oxygen atoms in total. The van der Waals surface area contributed by atoms with Crippen molar-refractivity contribution < 1.29 is 9.59 Å². The van der Waals surface area contributed by atoms with Gasteiger partial charge in [0.15, 0.2) is 5.96 Å². The number of aliphatic imine (C=N–C) groups is 1. The van der Waals surface area contributed by atoms with Gasteiger partial charge in [-0.3, -0.25) is 19.5 Å². The van der Waals surface area contributed by atoms with Gasteiger partial charge < -0.3 is 10.6 Å². The molecule has 2 amide bonds. The minimum absolute atomic E-state index is 0.0169. The lowest BCUT2D eigenvalue weighted by atomic mass is 9.85. The lowest BCUT2D eigenvalue weighted by Gasteiger charge is -2.18. The maximum Gasteiger partial charge on any atom is 0.233 e. The van der Waals surface area contributed by atoms with E-state index in [2.05, 4.69) is 39.2 Å². The van der Waals surface area contributed by atoms with E-state index >= 15 is 0 Å². The van der Waals surface area contributed by atoms with Gasteiger partial charge in [-0.15, -0.1) is 11.3 Å². The molecule has 2 fully saturated rings. The molecule has 0 spiro atoms. The first-order valence-electron chi connectivity index (χ1n) is 9.77. The monoisotopic (exact) mass is 386 g/mol. The van der Waals surface area contributed by atoms with Crippen molar-refractivity contribution in [2.45, 2.75) is 19.8 Å². The Labute approximate surface area is 163 Å². The van der Waals surface area contributed by atoms with Crippen LogP contribution in [0.25, 0.3) is 0 Å². The highest BCUT2D eigenvalue weighted by atomic mass is 32.1. The maximum absolute atomic E-state index is 12.7. The molecular formula is C20H26N4O2S. The molecule has 0 aromatic carbocycles. The Kier molecular flexibility index (Phi) is 5.29. The summed E-state index contributed by atoms with van der Waals surface area (Å²) in [6.45, 7) is 4.42. The molecule has 1 aromatic rings. The Morgan fingerprint density at radius 3 is 2.59 bits per heavy atom. The van der Waals surface area contributed by atoms with Crippen molar-refractivity contribution in [2.24, 2.45) is 28.7 Å². The Morgan fingerprint density at radius 2 is 1.96 bits per heavy atom. The number of thiophene rings is 1. The average molecular weight is 387 g/mol. The second kappa shape index (κ2) is 7.84. The summed E-state index contributed by atoms with van der Waals surface area (Å²) < 4.78 is 0. The molecule has 1 aliphatic heterocycles. The summed E-state index contributed by atoms with van der Waals surface area (Å²) in [4.78, 5) is 32.7. The van der Waals surface area contributed by atoms with Gasteiger partial charge in [0.25, 0.3) is 0 Å². The molecule has 2 bridgehead atoms. The van der Waals surface area contributed by atoms with E-state index in [-0.39, 0.29) is 35.5 Å². The fraction of sp³-hybridized carbons (Fsp3) is 0.550. The van der Waals surface area contributed by atoms with E-state index in [4.69, 9.17) is 0 Å². The number of guanidine groups is 1. The summed E-state index contributed by atoms with van der Waals surface area (Å²) in [6, 6.07) is 4.16. The standard InChI is InChI=1S/C20H26N4O2S/c1-2-21-20(22-8-7-15-4-3-11-27-15)23-9-10-24-18(25)16-13-5-6-14(12-13)17(16)19(24)26/h3-6,11,13-14,16-17H,2,7-10,12H2,1H3,(H2,21,22,23). The number of likely N-dealkylation sites (tertiary alicyclic amines) is 1. The van der Waals surface area contributed by atoms with Gasteiger partial charge in [-0.05, 0) is 36.6 Å². The highest BCUT2D eigenvalue weighted by Gasteiger charge is 2.58. The fourth-order valence-corrected chi connectivity index (χ4v) is 5.24. The first-order valence-corrected chi connectivity index (χ1v) is 10.6. The molecule has 1 aromatic heterocycles. The van der Waals surface area contributed by atoms with Crippen molar-refractivity contribution >= 4 is 29.1 Å². The number of nitrogens with one attached hydrogen (secondary N) is 2. The Balaban J connectivity index is 1.29. The summed E-state index contributed by atoms with van der Waals surface area (Å²) in [7, 11) is 0. The van der Waals surface area contributed by atoms with Crippen LogP contribution in [0.3, 0.4) is 0 Å². The van der Waals surface area contributed by atoms with E-state index in [1.165, 1.54) is 9.78 Å². The molecular weight excluding hydrogens is 360 g/mol. The van der Waals surface area contributed by atoms with Crippen LogP contribution in [0, 0.1) is 23.7 Å². The smallest absolute Gasteiger partial charge is 0.233 e. The van der Waals surface area contributed by atoms with Crippen LogP contribution in [0.1, 0.15) is 18.2 Å². The first kappa shape index (κ1) is 18.2. The van der Waals surface area contributed by atoms with Crippen LogP contribution in [0.4, 0.5) is 0 Å². The van der Waals surface area contributed by atoms with Crippen molar-refractivity contribution in [2.75, 3.05) is 26.2 Å². The van der Waals surface area contributed by atoms with Crippen LogP contribution >= 0.6 is 11.3 Å². The lowest BCUT2D eigenvalue weighted by molar-refractivity contribution is -0.140. The van der Waals surface area contributed by atoms with Crippen LogP contribution in [0.5, 0.6) is 0 Å². The van der Waals surface area contributed by atoms with Gasteiger partial charge in [-0.25, -0.2) is 0 Å². The predicted octanol–water partition coefficient (Wildman–Crippen LogP) is 1.65. The van der Waals surface area contributed by atoms with Crippen molar-refractivity contribution in [3.05, 3.63) is 34.5 Å². The van der Waals surface area contributed by atoms with Gasteiger partial charge in [-0.2, -0.15) is 0 Å². The molecule has 4 rings (SSSR count). The van der Waals surface area contributed by atoms with E-state index in [1.807, 2.05) is 13.0 Å². The number of nitrogens with zero attached hydrogens (tertiary/aromatic N) is 2. The van der Waals surface area contributed by atoms with Crippen LogP contribution in [-0.4, -0.2) is 48.9 Å². The number of imide groups is 1. The Morgan fingerprint density at radius 1 is 1.22 bits per heavy atom. The second-order valence-corrected chi connectivity index (χ2v) is 8.38. The summed E-state index contributed by atoms with van der Waals surface area (Å²) in [5, 5.41) is 8.54. The first-order chi connectivity index (χ1) is 13.2. The normalized spacial score (nSPS) is 28.9. The number of fused-ring (bicyclic) bond motifs is 5. The largest absolute Gasteiger partial charge is 0.357 e. The molecule has 2 heterocycles. The molecule has 3 aliphatic rings. The molecule has 4 atom stereocenters. The number of amides is 2. The number of hydrogen-bond acceptors (Lipinski definition) is 4. The van der Waals surface area contributed by atoms with E-state index in [0.717, 1.165) is 25.3 Å². The van der Waals surface area contributed by atoms with E-state index in [9.17, 15) is 9.59 Å². The second-order valence-electron chi connectivity index (χ2n) is 7.34. The molecule has 1 saturated heterocycles. The lowest BCUT2D eigenvalue weighted by Crippen LogP contribution is -2.43. The van der Waals surface area contributed by atoms with Crippen molar-refractivity contribution in [3.63, 3.8) is 0 Å². The summed E-state index contributed by atoms with van der Waals surface area (Å²) in [5.41, 5.74) is 0. The predicted molar refractivity (Wildman–Crippen MR) is 106 cm³/mol. The maximum atomic E-state index is 12.7. The summed E-state index contributed by atoms with van der Waals surface area (Å²) >= 11 is 1.74. The van der Waals surface area contributed by atoms with Crippen LogP contribution in [0.2, 0.25) is 0 Å². The van der Waals surface area contributed by atoms with Crippen molar-refractivity contribution in [1.82, 2.24) is 15.5 Å². The minimum atomic E-state index is -0.111. The molecule has 27 heavy (non-hydrogen) atoms. The van der Waals surface area contributed by atoms with Crippen LogP contribution < -0.4 is 10.6 Å². The molecule has 0 radical (unpaired) electrons. The third-order valence-electron chi connectivity index (χ3n) is 5.74. The number of hydrogen-bond donors (Lipinski definition) is 2. The van der Waals surface area contributed by atoms with Gasteiger partial charge in [0, 0.05) is 37.5 Å². The molecule has 7 heteroatoms. The summed E-state index contributed by atoms with van der Waals surface area (Å²) in [5.74, 6) is 1.08. The van der Waals surface area contributed by atoms with Gasteiger partial charge in [0.05, 0.1) is 11.8 Å². The Hall–Kier alpha value is -2.15. The summed E-state index contributed by atoms with van der Waals surface area (Å²) in [6.07, 6.45) is 6.14. The molecule has 2 N–H and O–H groups in total. The number of allylic oxidation sites excluding steroid dienone is 2. The van der Waals surface area contributed by atoms with Gasteiger partial charge >= 0.3 is 0 Å². The molecule has 1 saturated carbocycles. The fourth-order valence-electron chi connectivity index (χ4n) is 4.55. The van der Waals surface area contributed by atoms with Crippen molar-refractivity contribution in [1.29, 1.82) is 0 Å². The zero-order valence-electron chi connectivity index (χ0n) is 15.6. The number of carbonyl (C=O) groups is 2. The number of carbonyl (C=O) groups excluding carboxylic acids is 2. The zero-order chi connectivity index (χ0) is 18.8. The van der Waals surface area contributed by atoms with E-state index < -0.39 is 0 Å². The molecule has 144 valence electrons. The highest BCUT2D eigenvalue weighted by molar-refractivity contribution is 7.09. The van der Waals surface area contributed by atoms with E-state index in [0.29, 0.717) is 19.6 Å². The van der Waals surface area contributed by atoms with Gasteiger partial charge in [0.1, 0.15) is 0 Å². The topological polar surface area (TPSA) is 73.8 Å². The van der Waals surface area contributed by atoms with Gasteiger partial charge in [-0.1, -0.05) is 18.2 Å².